The van der Waals surface area contributed by atoms with Gasteiger partial charge in [-0.2, -0.15) is 18.4 Å². The Hall–Kier alpha value is -4.83. The van der Waals surface area contributed by atoms with Crippen molar-refractivity contribution in [3.63, 3.8) is 0 Å². The van der Waals surface area contributed by atoms with Crippen LogP contribution in [0.5, 0.6) is 0 Å². The van der Waals surface area contributed by atoms with Crippen molar-refractivity contribution < 1.29 is 27.6 Å². The predicted octanol–water partition coefficient (Wildman–Crippen LogP) is 4.05. The van der Waals surface area contributed by atoms with Crippen molar-refractivity contribution in [1.29, 1.82) is 5.26 Å². The van der Waals surface area contributed by atoms with E-state index in [0.29, 0.717) is 11.1 Å². The molecule has 1 aliphatic rings. The van der Waals surface area contributed by atoms with Crippen LogP contribution in [0.1, 0.15) is 22.3 Å². The minimum atomic E-state index is -4.45. The number of benzene rings is 2. The molecule has 1 fully saturated rings. The van der Waals surface area contributed by atoms with Crippen LogP contribution in [-0.4, -0.2) is 60.2 Å². The number of rotatable bonds is 8. The number of carbonyl (C=O) groups is 3. The van der Waals surface area contributed by atoms with E-state index >= 15 is 0 Å². The Labute approximate surface area is 230 Å². The van der Waals surface area contributed by atoms with Gasteiger partial charge in [-0.05, 0) is 47.9 Å². The van der Waals surface area contributed by atoms with Gasteiger partial charge in [0.15, 0.2) is 0 Å². The molecule has 2 aromatic rings. The van der Waals surface area contributed by atoms with Gasteiger partial charge >= 0.3 is 6.18 Å². The van der Waals surface area contributed by atoms with Crippen LogP contribution in [0.3, 0.4) is 0 Å². The zero-order valence-corrected chi connectivity index (χ0v) is 21.7. The molecule has 1 heterocycles. The summed E-state index contributed by atoms with van der Waals surface area (Å²) in [6, 6.07) is 12.2. The molecule has 2 aromatic carbocycles. The Kier molecular flexibility index (Phi) is 9.88. The number of halogens is 3. The van der Waals surface area contributed by atoms with Crippen molar-refractivity contribution in [3.8, 4) is 29.5 Å². The maximum Gasteiger partial charge on any atom is 0.416 e. The van der Waals surface area contributed by atoms with E-state index in [1.54, 1.807) is 36.4 Å². The van der Waals surface area contributed by atoms with Crippen molar-refractivity contribution in [2.45, 2.75) is 18.6 Å². The van der Waals surface area contributed by atoms with Crippen LogP contribution in [0.25, 0.3) is 11.1 Å². The van der Waals surface area contributed by atoms with E-state index in [2.05, 4.69) is 17.3 Å². The second-order valence-corrected chi connectivity index (χ2v) is 9.14. The first kappa shape index (κ1) is 29.7. The molecule has 0 radical (unpaired) electrons. The van der Waals surface area contributed by atoms with Gasteiger partial charge in [0.05, 0.1) is 24.1 Å². The lowest BCUT2D eigenvalue weighted by atomic mass is 10.0. The molecule has 206 valence electrons. The Balaban J connectivity index is 1.62. The van der Waals surface area contributed by atoms with Crippen LogP contribution in [0, 0.1) is 29.6 Å². The van der Waals surface area contributed by atoms with Crippen LogP contribution < -0.4 is 5.32 Å². The van der Waals surface area contributed by atoms with Crippen LogP contribution in [0.2, 0.25) is 0 Å². The summed E-state index contributed by atoms with van der Waals surface area (Å²) in [6.45, 7) is -0.00661. The number of likely N-dealkylation sites (N-methyl/N-ethyl adjacent to an activating group) is 1. The zero-order chi connectivity index (χ0) is 29.3. The lowest BCUT2D eigenvalue weighted by molar-refractivity contribution is -0.137. The third-order valence-electron chi connectivity index (χ3n) is 6.35. The smallest absolute Gasteiger partial charge is 0.352 e. The quantitative estimate of drug-likeness (QED) is 0.398. The number of terminal acetylenes is 1. The van der Waals surface area contributed by atoms with E-state index in [0.717, 1.165) is 12.1 Å². The van der Waals surface area contributed by atoms with Crippen LogP contribution in [-0.2, 0) is 15.8 Å². The standard InChI is InChI=1S/C30H27F3N4O3/c1-3-4-5-6-7-15-35-28(39)24-17-26(18-34)37(19-24)27(38)20-36(2)29(40)23-10-8-9-22(16-23)21-11-13-25(14-12-21)30(31,32)33/h1,4-14,16,24,26H,15,17,19-20H2,2H3,(H,35,39)/b5-4-,7-6-. The van der Waals surface area contributed by atoms with Gasteiger partial charge in [-0.25, -0.2) is 0 Å². The van der Waals surface area contributed by atoms with Gasteiger partial charge in [0.25, 0.3) is 5.91 Å². The second kappa shape index (κ2) is 13.3. The molecule has 3 amide bonds. The molecular weight excluding hydrogens is 521 g/mol. The van der Waals surface area contributed by atoms with Gasteiger partial charge in [0, 0.05) is 25.7 Å². The fourth-order valence-electron chi connectivity index (χ4n) is 4.25. The highest BCUT2D eigenvalue weighted by molar-refractivity contribution is 5.97. The molecule has 10 heteroatoms. The normalized spacial score (nSPS) is 17.0. The summed E-state index contributed by atoms with van der Waals surface area (Å²) in [5.74, 6) is 0.536. The van der Waals surface area contributed by atoms with Gasteiger partial charge in [-0.1, -0.05) is 48.4 Å². The molecule has 7 nitrogen and oxygen atoms in total. The predicted molar refractivity (Wildman–Crippen MR) is 143 cm³/mol. The largest absolute Gasteiger partial charge is 0.416 e. The van der Waals surface area contributed by atoms with E-state index in [1.165, 1.54) is 41.1 Å². The monoisotopic (exact) mass is 548 g/mol. The molecule has 0 spiro atoms. The first-order valence-electron chi connectivity index (χ1n) is 12.3. The highest BCUT2D eigenvalue weighted by Gasteiger charge is 2.39. The first-order chi connectivity index (χ1) is 19.0. The number of alkyl halides is 3. The minimum absolute atomic E-state index is 0.0506. The van der Waals surface area contributed by atoms with Crippen LogP contribution in [0.15, 0.2) is 72.8 Å². The number of nitrogens with zero attached hydrogens (tertiary/aromatic N) is 3. The summed E-state index contributed by atoms with van der Waals surface area (Å²) >= 11 is 0. The molecule has 40 heavy (non-hydrogen) atoms. The van der Waals surface area contributed by atoms with Crippen molar-refractivity contribution >= 4 is 17.7 Å². The molecule has 1 aliphatic heterocycles. The van der Waals surface area contributed by atoms with E-state index < -0.39 is 35.5 Å². The van der Waals surface area contributed by atoms with E-state index in [4.69, 9.17) is 6.42 Å². The average molecular weight is 549 g/mol. The van der Waals surface area contributed by atoms with Gasteiger partial charge in [0.1, 0.15) is 6.04 Å². The molecule has 0 aliphatic carbocycles. The molecule has 0 saturated carbocycles. The third-order valence-corrected chi connectivity index (χ3v) is 6.35. The topological polar surface area (TPSA) is 93.5 Å². The molecule has 2 atom stereocenters. The van der Waals surface area contributed by atoms with Crippen LogP contribution >= 0.6 is 0 Å². The van der Waals surface area contributed by atoms with Gasteiger partial charge in [0.2, 0.25) is 11.8 Å². The molecule has 0 bridgehead atoms. The number of carbonyl (C=O) groups excluding carboxylic acids is 3. The molecule has 1 N–H and O–H groups in total. The lowest BCUT2D eigenvalue weighted by Crippen LogP contribution is -2.43. The van der Waals surface area contributed by atoms with Crippen molar-refractivity contribution in [1.82, 2.24) is 15.1 Å². The maximum absolute atomic E-state index is 13.1. The Morgan fingerprint density at radius 2 is 1.88 bits per heavy atom. The van der Waals surface area contributed by atoms with Crippen LogP contribution in [0.4, 0.5) is 13.2 Å². The Morgan fingerprint density at radius 3 is 2.52 bits per heavy atom. The SMILES string of the molecule is C#C/C=C\C=C/CNC(=O)C1CC(C#N)N(C(=O)CN(C)C(=O)c2cccc(-c3ccc(C(F)(F)F)cc3)c2)C1. The van der Waals surface area contributed by atoms with E-state index in [-0.39, 0.29) is 37.5 Å². The highest BCUT2D eigenvalue weighted by Crippen LogP contribution is 2.31. The fourth-order valence-corrected chi connectivity index (χ4v) is 4.25. The van der Waals surface area contributed by atoms with Crippen molar-refractivity contribution in [3.05, 3.63) is 84.0 Å². The summed E-state index contributed by atoms with van der Waals surface area (Å²) < 4.78 is 38.6. The molecule has 2 unspecified atom stereocenters. The summed E-state index contributed by atoms with van der Waals surface area (Å²) in [7, 11) is 1.44. The number of likely N-dealkylation sites (tertiary alicyclic amines) is 1. The number of allylic oxidation sites excluding steroid dienone is 3. The third kappa shape index (κ3) is 7.61. The molecule has 3 rings (SSSR count). The molecular formula is C30H27F3N4O3. The van der Waals surface area contributed by atoms with Gasteiger partial charge in [-0.15, -0.1) is 6.42 Å². The van der Waals surface area contributed by atoms with Gasteiger partial charge < -0.3 is 15.1 Å². The van der Waals surface area contributed by atoms with Crippen molar-refractivity contribution in [2.75, 3.05) is 26.7 Å². The Morgan fingerprint density at radius 1 is 1.15 bits per heavy atom. The fraction of sp³-hybridized carbons (Fsp3) is 0.267. The summed E-state index contributed by atoms with van der Waals surface area (Å²) in [5.41, 5.74) is 0.510. The average Bonchev–Trinajstić information content (AvgIpc) is 3.39. The number of amides is 3. The number of nitrogens with one attached hydrogen (secondary N) is 1. The summed E-state index contributed by atoms with van der Waals surface area (Å²) in [4.78, 5) is 41.1. The number of hydrogen-bond donors (Lipinski definition) is 1. The van der Waals surface area contributed by atoms with E-state index in [1.807, 2.05) is 0 Å². The highest BCUT2D eigenvalue weighted by atomic mass is 19.4. The van der Waals surface area contributed by atoms with Gasteiger partial charge in [-0.3, -0.25) is 14.4 Å². The number of hydrogen-bond acceptors (Lipinski definition) is 4. The maximum atomic E-state index is 13.1. The van der Waals surface area contributed by atoms with E-state index in [9.17, 15) is 32.8 Å². The summed E-state index contributed by atoms with van der Waals surface area (Å²) in [5, 5.41) is 12.3. The summed E-state index contributed by atoms with van der Waals surface area (Å²) in [6.07, 6.45) is 7.39. The first-order valence-corrected chi connectivity index (χ1v) is 12.3. The lowest BCUT2D eigenvalue weighted by Gasteiger charge is -2.24. The number of nitriles is 1. The molecule has 0 aromatic heterocycles. The minimum Gasteiger partial charge on any atom is -0.352 e. The van der Waals surface area contributed by atoms with Crippen molar-refractivity contribution in [2.24, 2.45) is 5.92 Å². The Bertz CT molecular complexity index is 1380. The zero-order valence-electron chi connectivity index (χ0n) is 21.7. The molecule has 1 saturated heterocycles. The second-order valence-electron chi connectivity index (χ2n) is 9.14.